The van der Waals surface area contributed by atoms with Gasteiger partial charge in [-0.05, 0) is 43.2 Å². The van der Waals surface area contributed by atoms with Gasteiger partial charge in [-0.15, -0.1) is 0 Å². The van der Waals surface area contributed by atoms with Crippen LogP contribution in [-0.2, 0) is 6.42 Å². The summed E-state index contributed by atoms with van der Waals surface area (Å²) in [5, 5.41) is 0. The van der Waals surface area contributed by atoms with Crippen LogP contribution >= 0.6 is 0 Å². The van der Waals surface area contributed by atoms with Crippen molar-refractivity contribution in [3.8, 4) is 0 Å². The van der Waals surface area contributed by atoms with Crippen LogP contribution in [0.2, 0.25) is 0 Å². The predicted octanol–water partition coefficient (Wildman–Crippen LogP) is 3.09. The highest BCUT2D eigenvalue weighted by Gasteiger charge is 2.31. The molecule has 2 N–H and O–H groups in total. The standard InChI is InChI=1S/C13H17F2N/c1-13(16,12(14)15)8-9-3-2-4-11(7-9)10-5-6-10/h2-4,7,10,12H,5-6,8,16H2,1H3. The monoisotopic (exact) mass is 225 g/mol. The minimum Gasteiger partial charge on any atom is -0.320 e. The molecule has 1 aromatic carbocycles. The first-order chi connectivity index (χ1) is 7.49. The van der Waals surface area contributed by atoms with Gasteiger partial charge in [0.1, 0.15) is 0 Å². The first kappa shape index (κ1) is 11.5. The minimum atomic E-state index is -2.49. The van der Waals surface area contributed by atoms with Gasteiger partial charge in [-0.1, -0.05) is 24.3 Å². The van der Waals surface area contributed by atoms with E-state index in [4.69, 9.17) is 5.73 Å². The second-order valence-electron chi connectivity index (χ2n) is 5.00. The summed E-state index contributed by atoms with van der Waals surface area (Å²) in [5.74, 6) is 0.649. The summed E-state index contributed by atoms with van der Waals surface area (Å²) in [5.41, 5.74) is 6.33. The van der Waals surface area contributed by atoms with Crippen molar-refractivity contribution in [2.75, 3.05) is 0 Å². The molecule has 1 aliphatic carbocycles. The second kappa shape index (κ2) is 4.13. The number of hydrogen-bond acceptors (Lipinski definition) is 1. The first-order valence-corrected chi connectivity index (χ1v) is 5.65. The lowest BCUT2D eigenvalue weighted by Gasteiger charge is -2.23. The molecule has 0 bridgehead atoms. The van der Waals surface area contributed by atoms with Crippen molar-refractivity contribution in [3.05, 3.63) is 35.4 Å². The topological polar surface area (TPSA) is 26.0 Å². The summed E-state index contributed by atoms with van der Waals surface area (Å²) in [4.78, 5) is 0. The highest BCUT2D eigenvalue weighted by atomic mass is 19.3. The molecule has 1 aliphatic rings. The van der Waals surface area contributed by atoms with E-state index in [0.717, 1.165) is 5.56 Å². The zero-order valence-corrected chi connectivity index (χ0v) is 9.42. The molecule has 0 amide bonds. The summed E-state index contributed by atoms with van der Waals surface area (Å²) < 4.78 is 25.3. The van der Waals surface area contributed by atoms with E-state index in [1.807, 2.05) is 18.2 Å². The number of hydrogen-bond donors (Lipinski definition) is 1. The Kier molecular flexibility index (Phi) is 2.98. The van der Waals surface area contributed by atoms with E-state index in [2.05, 4.69) is 6.07 Å². The molecule has 2 rings (SSSR count). The molecular formula is C13H17F2N. The normalized spacial score (nSPS) is 19.8. The van der Waals surface area contributed by atoms with Gasteiger partial charge in [-0.25, -0.2) is 8.78 Å². The molecule has 16 heavy (non-hydrogen) atoms. The third kappa shape index (κ3) is 2.59. The van der Waals surface area contributed by atoms with Crippen molar-refractivity contribution < 1.29 is 8.78 Å². The molecule has 1 atom stereocenters. The van der Waals surface area contributed by atoms with Gasteiger partial charge in [0.25, 0.3) is 6.43 Å². The van der Waals surface area contributed by atoms with Crippen molar-refractivity contribution in [1.29, 1.82) is 0 Å². The second-order valence-corrected chi connectivity index (χ2v) is 5.00. The van der Waals surface area contributed by atoms with Gasteiger partial charge in [0, 0.05) is 0 Å². The molecule has 0 aliphatic heterocycles. The molecule has 1 saturated carbocycles. The fourth-order valence-electron chi connectivity index (χ4n) is 1.89. The van der Waals surface area contributed by atoms with Gasteiger partial charge < -0.3 is 5.73 Å². The van der Waals surface area contributed by atoms with Crippen LogP contribution in [0.1, 0.15) is 36.8 Å². The molecule has 1 unspecified atom stereocenters. The smallest absolute Gasteiger partial charge is 0.256 e. The predicted molar refractivity (Wildman–Crippen MR) is 60.7 cm³/mol. The molecule has 1 nitrogen and oxygen atoms in total. The first-order valence-electron chi connectivity index (χ1n) is 5.65. The Balaban J connectivity index is 2.11. The number of alkyl halides is 2. The molecule has 0 spiro atoms. The maximum Gasteiger partial charge on any atom is 0.256 e. The highest BCUT2D eigenvalue weighted by molar-refractivity contribution is 5.30. The molecule has 1 fully saturated rings. The molecule has 3 heteroatoms. The molecule has 0 saturated heterocycles. The summed E-state index contributed by atoms with van der Waals surface area (Å²) in [6.07, 6.45) is 0.179. The largest absolute Gasteiger partial charge is 0.320 e. The number of benzene rings is 1. The third-order valence-corrected chi connectivity index (χ3v) is 3.08. The molecule has 0 heterocycles. The van der Waals surface area contributed by atoms with Crippen LogP contribution in [0.15, 0.2) is 24.3 Å². The summed E-state index contributed by atoms with van der Waals surface area (Å²) >= 11 is 0. The van der Waals surface area contributed by atoms with E-state index in [1.165, 1.54) is 25.3 Å². The lowest BCUT2D eigenvalue weighted by molar-refractivity contribution is 0.0639. The van der Waals surface area contributed by atoms with Crippen molar-refractivity contribution in [1.82, 2.24) is 0 Å². The molecule has 0 radical (unpaired) electrons. The van der Waals surface area contributed by atoms with E-state index in [9.17, 15) is 8.78 Å². The van der Waals surface area contributed by atoms with Gasteiger partial charge in [-0.2, -0.15) is 0 Å². The number of rotatable bonds is 4. The summed E-state index contributed by atoms with van der Waals surface area (Å²) in [6.45, 7) is 1.40. The van der Waals surface area contributed by atoms with Crippen LogP contribution < -0.4 is 5.73 Å². The van der Waals surface area contributed by atoms with Crippen molar-refractivity contribution in [2.24, 2.45) is 5.73 Å². The lowest BCUT2D eigenvalue weighted by Crippen LogP contribution is -2.45. The van der Waals surface area contributed by atoms with Crippen molar-refractivity contribution in [2.45, 2.75) is 44.1 Å². The Morgan fingerprint density at radius 1 is 1.44 bits per heavy atom. The van der Waals surface area contributed by atoms with Crippen LogP contribution in [-0.4, -0.2) is 12.0 Å². The summed E-state index contributed by atoms with van der Waals surface area (Å²) in [6, 6.07) is 7.90. The third-order valence-electron chi connectivity index (χ3n) is 3.08. The van der Waals surface area contributed by atoms with Crippen molar-refractivity contribution in [3.63, 3.8) is 0 Å². The average Bonchev–Trinajstić information content (AvgIpc) is 3.00. The van der Waals surface area contributed by atoms with Gasteiger partial charge in [0.2, 0.25) is 0 Å². The molecule has 0 aromatic heterocycles. The van der Waals surface area contributed by atoms with Crippen LogP contribution in [0.5, 0.6) is 0 Å². The van der Waals surface area contributed by atoms with E-state index >= 15 is 0 Å². The zero-order valence-electron chi connectivity index (χ0n) is 9.42. The maximum atomic E-state index is 12.6. The van der Waals surface area contributed by atoms with Crippen LogP contribution in [0.4, 0.5) is 8.78 Å². The van der Waals surface area contributed by atoms with Crippen LogP contribution in [0, 0.1) is 0 Å². The van der Waals surface area contributed by atoms with Gasteiger partial charge >= 0.3 is 0 Å². The van der Waals surface area contributed by atoms with E-state index in [-0.39, 0.29) is 6.42 Å². The fraction of sp³-hybridized carbons (Fsp3) is 0.538. The quantitative estimate of drug-likeness (QED) is 0.837. The van der Waals surface area contributed by atoms with Crippen LogP contribution in [0.3, 0.4) is 0 Å². The SMILES string of the molecule is CC(N)(Cc1cccc(C2CC2)c1)C(F)F. The minimum absolute atomic E-state index is 0.227. The maximum absolute atomic E-state index is 12.6. The van der Waals surface area contributed by atoms with E-state index in [1.54, 1.807) is 0 Å². The Morgan fingerprint density at radius 3 is 2.69 bits per heavy atom. The molecular weight excluding hydrogens is 208 g/mol. The number of halogens is 2. The van der Waals surface area contributed by atoms with Crippen molar-refractivity contribution >= 4 is 0 Å². The Labute approximate surface area is 94.7 Å². The Morgan fingerprint density at radius 2 is 2.12 bits per heavy atom. The van der Waals surface area contributed by atoms with Gasteiger partial charge in [0.15, 0.2) is 0 Å². The Bertz CT molecular complexity index is 370. The molecule has 1 aromatic rings. The average molecular weight is 225 g/mol. The number of nitrogens with two attached hydrogens (primary N) is 1. The van der Waals surface area contributed by atoms with Gasteiger partial charge in [-0.3, -0.25) is 0 Å². The van der Waals surface area contributed by atoms with Crippen LogP contribution in [0.25, 0.3) is 0 Å². The van der Waals surface area contributed by atoms with E-state index < -0.39 is 12.0 Å². The highest BCUT2D eigenvalue weighted by Crippen LogP contribution is 2.40. The lowest BCUT2D eigenvalue weighted by atomic mass is 9.93. The van der Waals surface area contributed by atoms with E-state index in [0.29, 0.717) is 5.92 Å². The Hall–Kier alpha value is -0.960. The zero-order chi connectivity index (χ0) is 11.8. The molecule has 88 valence electrons. The summed E-state index contributed by atoms with van der Waals surface area (Å²) in [7, 11) is 0. The van der Waals surface area contributed by atoms with Gasteiger partial charge in [0.05, 0.1) is 5.54 Å². The fourth-order valence-corrected chi connectivity index (χ4v) is 1.89.